The van der Waals surface area contributed by atoms with Crippen LogP contribution in [0.1, 0.15) is 63.2 Å². The van der Waals surface area contributed by atoms with E-state index in [1.807, 2.05) is 0 Å². The Labute approximate surface area is 216 Å². The Morgan fingerprint density at radius 1 is 1.18 bits per heavy atom. The largest absolute Gasteiger partial charge is 0.458 e. The number of esters is 1. The average Bonchev–Trinajstić information content (AvgIpc) is 2.68. The monoisotopic (exact) mass is 598 g/mol. The van der Waals surface area contributed by atoms with Crippen molar-refractivity contribution in [3.05, 3.63) is 68.1 Å². The topological polar surface area (TPSA) is 68.7 Å². The lowest BCUT2D eigenvalue weighted by Gasteiger charge is -2.30. The molecular weight excluding hydrogens is 571 g/mol. The van der Waals surface area contributed by atoms with Crippen molar-refractivity contribution in [1.29, 1.82) is 0 Å². The smallest absolute Gasteiger partial charge is 0.415 e. The summed E-state index contributed by atoms with van der Waals surface area (Å²) in [5.41, 5.74) is 1.54. The van der Waals surface area contributed by atoms with Crippen molar-refractivity contribution in [2.75, 3.05) is 11.4 Å². The maximum Gasteiger partial charge on any atom is 0.415 e. The predicted octanol–water partition coefficient (Wildman–Crippen LogP) is 7.22. The van der Waals surface area contributed by atoms with Gasteiger partial charge in [0.05, 0.1) is 16.3 Å². The first-order valence-corrected chi connectivity index (χ1v) is 12.3. The highest BCUT2D eigenvalue weighted by Crippen LogP contribution is 2.39. The fourth-order valence-corrected chi connectivity index (χ4v) is 4.50. The molecule has 9 heteroatoms. The van der Waals surface area contributed by atoms with Crippen LogP contribution in [0.5, 0.6) is 0 Å². The Hall–Kier alpha value is -2.26. The minimum absolute atomic E-state index is 0.0533. The van der Waals surface area contributed by atoms with E-state index in [4.69, 9.17) is 9.47 Å². The molecule has 0 aliphatic rings. The molecule has 0 spiro atoms. The van der Waals surface area contributed by atoms with Gasteiger partial charge in [-0.05, 0) is 91.1 Å². The molecule has 0 fully saturated rings. The van der Waals surface area contributed by atoms with Crippen LogP contribution in [-0.4, -0.2) is 35.3 Å². The van der Waals surface area contributed by atoms with Gasteiger partial charge in [0.25, 0.3) is 0 Å². The summed E-state index contributed by atoms with van der Waals surface area (Å²) in [6.07, 6.45) is -0.697. The van der Waals surface area contributed by atoms with Crippen LogP contribution < -0.4 is 4.90 Å². The molecule has 0 saturated heterocycles. The average molecular weight is 600 g/mol. The molecule has 1 aromatic heterocycles. The van der Waals surface area contributed by atoms with Crippen molar-refractivity contribution in [1.82, 2.24) is 4.98 Å². The lowest BCUT2D eigenvalue weighted by Crippen LogP contribution is -2.39. The lowest BCUT2D eigenvalue weighted by atomic mass is 10.0. The Balaban J connectivity index is 2.73. The highest BCUT2D eigenvalue weighted by atomic mass is 79.9. The number of pyridine rings is 1. The first kappa shape index (κ1) is 28.0. The van der Waals surface area contributed by atoms with Gasteiger partial charge in [0.2, 0.25) is 0 Å². The third-order valence-electron chi connectivity index (χ3n) is 4.30. The van der Waals surface area contributed by atoms with Gasteiger partial charge in [0, 0.05) is 18.5 Å². The molecule has 1 amide bonds. The normalized spacial score (nSPS) is 11.4. The molecule has 0 bridgehead atoms. The van der Waals surface area contributed by atoms with Crippen LogP contribution in [0.25, 0.3) is 0 Å². The third-order valence-corrected chi connectivity index (χ3v) is 5.81. The molecule has 2 rings (SSSR count). The summed E-state index contributed by atoms with van der Waals surface area (Å²) >= 11 is 7.05. The van der Waals surface area contributed by atoms with E-state index in [1.165, 1.54) is 17.0 Å². The highest BCUT2D eigenvalue weighted by molar-refractivity contribution is 9.11. The van der Waals surface area contributed by atoms with Crippen LogP contribution in [0.2, 0.25) is 0 Å². The highest BCUT2D eigenvalue weighted by Gasteiger charge is 2.32. The minimum atomic E-state index is -0.769. The number of halogens is 3. The molecule has 0 radical (unpaired) electrons. The number of rotatable bonds is 7. The molecule has 2 aromatic rings. The fourth-order valence-electron chi connectivity index (χ4n) is 2.99. The molecule has 0 aliphatic heterocycles. The number of carbonyl (C=O) groups is 2. The number of aromatic nitrogens is 1. The van der Waals surface area contributed by atoms with Gasteiger partial charge in [-0.3, -0.25) is 4.90 Å². The number of amides is 1. The number of hydrogen-bond donors (Lipinski definition) is 0. The quantitative estimate of drug-likeness (QED) is 0.191. The number of anilines is 1. The summed E-state index contributed by atoms with van der Waals surface area (Å²) in [6, 6.07) is 6.06. The van der Waals surface area contributed by atoms with Gasteiger partial charge >= 0.3 is 12.1 Å². The molecule has 0 unspecified atom stereocenters. The van der Waals surface area contributed by atoms with Crippen molar-refractivity contribution in [3.63, 3.8) is 0 Å². The first-order chi connectivity index (χ1) is 15.7. The number of nitrogens with zero attached hydrogens (tertiary/aromatic N) is 2. The van der Waals surface area contributed by atoms with Gasteiger partial charge in [0.1, 0.15) is 16.0 Å². The van der Waals surface area contributed by atoms with E-state index in [0.29, 0.717) is 26.6 Å². The number of benzene rings is 1. The zero-order valence-corrected chi connectivity index (χ0v) is 23.3. The van der Waals surface area contributed by atoms with E-state index < -0.39 is 23.8 Å². The number of carbonyl (C=O) groups excluding carboxylic acids is 2. The van der Waals surface area contributed by atoms with Crippen LogP contribution in [0, 0.1) is 5.82 Å². The van der Waals surface area contributed by atoms with Crippen LogP contribution in [0.15, 0.2) is 45.5 Å². The molecule has 6 nitrogen and oxygen atoms in total. The first-order valence-electron chi connectivity index (χ1n) is 10.7. The van der Waals surface area contributed by atoms with Crippen LogP contribution >= 0.6 is 31.9 Å². The zero-order valence-electron chi connectivity index (χ0n) is 20.2. The Kier molecular flexibility index (Phi) is 9.42. The van der Waals surface area contributed by atoms with Crippen molar-refractivity contribution in [3.8, 4) is 0 Å². The second-order valence-corrected chi connectivity index (χ2v) is 10.7. The van der Waals surface area contributed by atoms with E-state index in [1.54, 1.807) is 53.7 Å². The summed E-state index contributed by atoms with van der Waals surface area (Å²) in [7, 11) is 0. The zero-order chi connectivity index (χ0) is 25.8. The molecular formula is C25H29Br2FN2O4. The van der Waals surface area contributed by atoms with E-state index in [-0.39, 0.29) is 23.7 Å². The van der Waals surface area contributed by atoms with E-state index in [9.17, 15) is 14.0 Å². The van der Waals surface area contributed by atoms with Gasteiger partial charge in [-0.1, -0.05) is 24.3 Å². The second-order valence-electron chi connectivity index (χ2n) is 9.17. The molecule has 0 aliphatic carbocycles. The Morgan fingerprint density at radius 2 is 1.76 bits per heavy atom. The summed E-state index contributed by atoms with van der Waals surface area (Å²) in [6.45, 7) is 14.5. The van der Waals surface area contributed by atoms with E-state index >= 15 is 0 Å². The van der Waals surface area contributed by atoms with Gasteiger partial charge in [-0.15, -0.1) is 0 Å². The molecule has 34 heavy (non-hydrogen) atoms. The van der Waals surface area contributed by atoms with Crippen molar-refractivity contribution < 1.29 is 23.5 Å². The van der Waals surface area contributed by atoms with Crippen LogP contribution in [-0.2, 0) is 15.9 Å². The van der Waals surface area contributed by atoms with Crippen molar-refractivity contribution in [2.24, 2.45) is 0 Å². The SMILES string of the molecule is C=C(C)CN(C(=O)OC(C)(C)C)c1c(C(=O)OC(C)C)nc(Br)c(Cc2ccc(F)cc2)c1Br. The second kappa shape index (κ2) is 11.4. The molecule has 1 heterocycles. The molecule has 0 saturated carbocycles. The predicted molar refractivity (Wildman–Crippen MR) is 138 cm³/mol. The lowest BCUT2D eigenvalue weighted by molar-refractivity contribution is 0.0371. The molecule has 0 N–H and O–H groups in total. The number of hydrogen-bond acceptors (Lipinski definition) is 5. The standard InChI is InChI=1S/C25H29Br2FN2O4/c1-14(2)13-30(24(32)34-25(5,6)7)21-19(26)18(12-16-8-10-17(28)11-9-16)22(27)29-20(21)23(31)33-15(3)4/h8-11,15H,1,12-13H2,2-7H3. The van der Waals surface area contributed by atoms with E-state index in [0.717, 1.165) is 5.56 Å². The Bertz CT molecular complexity index is 1080. The van der Waals surface area contributed by atoms with Crippen LogP contribution in [0.3, 0.4) is 0 Å². The minimum Gasteiger partial charge on any atom is -0.458 e. The van der Waals surface area contributed by atoms with Crippen molar-refractivity contribution in [2.45, 2.75) is 59.7 Å². The summed E-state index contributed by atoms with van der Waals surface area (Å²) < 4.78 is 25.3. The van der Waals surface area contributed by atoms with E-state index in [2.05, 4.69) is 43.4 Å². The third kappa shape index (κ3) is 7.63. The van der Waals surface area contributed by atoms with Gasteiger partial charge in [-0.25, -0.2) is 19.0 Å². The molecule has 0 atom stereocenters. The summed E-state index contributed by atoms with van der Waals surface area (Å²) in [4.78, 5) is 32.0. The summed E-state index contributed by atoms with van der Waals surface area (Å²) in [5, 5.41) is 0. The van der Waals surface area contributed by atoms with Gasteiger partial charge in [-0.2, -0.15) is 0 Å². The Morgan fingerprint density at radius 3 is 2.26 bits per heavy atom. The van der Waals surface area contributed by atoms with Crippen LogP contribution in [0.4, 0.5) is 14.9 Å². The van der Waals surface area contributed by atoms with Crippen molar-refractivity contribution >= 4 is 49.6 Å². The maximum absolute atomic E-state index is 13.4. The summed E-state index contributed by atoms with van der Waals surface area (Å²) in [5.74, 6) is -1.03. The maximum atomic E-state index is 13.4. The molecule has 184 valence electrons. The van der Waals surface area contributed by atoms with Gasteiger partial charge < -0.3 is 9.47 Å². The molecule has 1 aromatic carbocycles. The fraction of sp³-hybridized carbons (Fsp3) is 0.400. The van der Waals surface area contributed by atoms with Gasteiger partial charge in [0.15, 0.2) is 5.69 Å². The number of ether oxygens (including phenoxy) is 2.